The van der Waals surface area contributed by atoms with Crippen LogP contribution in [0.3, 0.4) is 0 Å². The first-order valence-electron chi connectivity index (χ1n) is 6.40. The van der Waals surface area contributed by atoms with Gasteiger partial charge >= 0.3 is 5.97 Å². The Kier molecular flexibility index (Phi) is 5.56. The van der Waals surface area contributed by atoms with E-state index in [1.807, 2.05) is 6.26 Å². The van der Waals surface area contributed by atoms with Gasteiger partial charge in [-0.05, 0) is 18.4 Å². The zero-order valence-electron chi connectivity index (χ0n) is 12.3. The summed E-state index contributed by atoms with van der Waals surface area (Å²) >= 11 is 13.5. The lowest BCUT2D eigenvalue weighted by Crippen LogP contribution is -2.24. The molecule has 2 rings (SSSR count). The van der Waals surface area contributed by atoms with E-state index in [-0.39, 0.29) is 28.4 Å². The molecule has 0 unspecified atom stereocenters. The number of hydrogen-bond donors (Lipinski definition) is 2. The van der Waals surface area contributed by atoms with Crippen molar-refractivity contribution in [2.75, 3.05) is 6.26 Å². The van der Waals surface area contributed by atoms with Crippen molar-refractivity contribution in [1.82, 2.24) is 15.1 Å². The van der Waals surface area contributed by atoms with Crippen LogP contribution in [-0.2, 0) is 13.6 Å². The summed E-state index contributed by atoms with van der Waals surface area (Å²) in [6.07, 6.45) is 3.22. The van der Waals surface area contributed by atoms with Gasteiger partial charge in [0.2, 0.25) is 0 Å². The number of rotatable bonds is 5. The van der Waals surface area contributed by atoms with E-state index in [1.165, 1.54) is 28.7 Å². The largest absolute Gasteiger partial charge is 0.478 e. The maximum atomic E-state index is 12.3. The summed E-state index contributed by atoms with van der Waals surface area (Å²) < 4.78 is 1.38. The van der Waals surface area contributed by atoms with Crippen molar-refractivity contribution in [3.05, 3.63) is 45.2 Å². The number of carbonyl (C=O) groups is 2. The van der Waals surface area contributed by atoms with Crippen molar-refractivity contribution in [2.45, 2.75) is 11.4 Å². The summed E-state index contributed by atoms with van der Waals surface area (Å²) in [7, 11) is 1.61. The molecule has 1 aromatic heterocycles. The lowest BCUT2D eigenvalue weighted by atomic mass is 10.2. The average Bonchev–Trinajstić information content (AvgIpc) is 2.86. The lowest BCUT2D eigenvalue weighted by Gasteiger charge is -2.09. The maximum absolute atomic E-state index is 12.3. The van der Waals surface area contributed by atoms with Gasteiger partial charge in [0.25, 0.3) is 5.91 Å². The van der Waals surface area contributed by atoms with Gasteiger partial charge in [-0.2, -0.15) is 5.10 Å². The number of nitrogens with one attached hydrogen (secondary N) is 1. The summed E-state index contributed by atoms with van der Waals surface area (Å²) in [4.78, 5) is 24.1. The number of benzene rings is 1. The molecule has 2 aromatic rings. The van der Waals surface area contributed by atoms with Crippen LogP contribution in [0.1, 0.15) is 26.4 Å². The van der Waals surface area contributed by atoms with Gasteiger partial charge in [-0.3, -0.25) is 9.48 Å². The summed E-state index contributed by atoms with van der Waals surface area (Å²) in [5.41, 5.74) is 0.580. The molecule has 1 heterocycles. The van der Waals surface area contributed by atoms with E-state index < -0.39 is 11.9 Å². The highest BCUT2D eigenvalue weighted by Crippen LogP contribution is 2.31. The molecule has 0 aliphatic carbocycles. The zero-order valence-corrected chi connectivity index (χ0v) is 14.6. The van der Waals surface area contributed by atoms with E-state index in [2.05, 4.69) is 10.4 Å². The van der Waals surface area contributed by atoms with Crippen molar-refractivity contribution in [1.29, 1.82) is 0 Å². The Bertz CT molecular complexity index is 777. The average molecular weight is 374 g/mol. The molecule has 122 valence electrons. The molecule has 2 N–H and O–H groups in total. The van der Waals surface area contributed by atoms with Crippen LogP contribution in [-0.4, -0.2) is 33.0 Å². The molecular weight excluding hydrogens is 361 g/mol. The van der Waals surface area contributed by atoms with E-state index in [4.69, 9.17) is 28.3 Å². The summed E-state index contributed by atoms with van der Waals surface area (Å²) in [5.74, 6) is -1.53. The summed E-state index contributed by atoms with van der Waals surface area (Å²) in [5, 5.41) is 16.4. The Balaban J connectivity index is 2.19. The predicted octanol–water partition coefficient (Wildman–Crippen LogP) is 3.08. The smallest absolute Gasteiger partial charge is 0.339 e. The molecule has 23 heavy (non-hydrogen) atoms. The fourth-order valence-corrected chi connectivity index (χ4v) is 3.15. The van der Waals surface area contributed by atoms with Crippen LogP contribution < -0.4 is 5.32 Å². The third-order valence-electron chi connectivity index (χ3n) is 3.04. The highest BCUT2D eigenvalue weighted by atomic mass is 35.5. The number of aryl methyl sites for hydroxylation is 1. The number of halogens is 2. The number of aromatic nitrogens is 2. The minimum Gasteiger partial charge on any atom is -0.478 e. The number of carbonyl (C=O) groups excluding carboxylic acids is 1. The zero-order chi connectivity index (χ0) is 17.1. The van der Waals surface area contributed by atoms with E-state index in [9.17, 15) is 9.59 Å². The highest BCUT2D eigenvalue weighted by molar-refractivity contribution is 7.98. The van der Waals surface area contributed by atoms with E-state index in [1.54, 1.807) is 13.1 Å². The first kappa shape index (κ1) is 17.7. The number of hydrogen-bond acceptors (Lipinski definition) is 4. The van der Waals surface area contributed by atoms with Crippen LogP contribution in [0.2, 0.25) is 10.0 Å². The molecule has 0 spiro atoms. The van der Waals surface area contributed by atoms with Crippen LogP contribution in [0.15, 0.2) is 23.2 Å². The van der Waals surface area contributed by atoms with Crippen molar-refractivity contribution in [3.8, 4) is 0 Å². The topological polar surface area (TPSA) is 84.2 Å². The molecule has 0 aliphatic rings. The van der Waals surface area contributed by atoms with Gasteiger partial charge in [0.1, 0.15) is 5.56 Å². The Morgan fingerprint density at radius 1 is 1.30 bits per heavy atom. The van der Waals surface area contributed by atoms with E-state index >= 15 is 0 Å². The highest BCUT2D eigenvalue weighted by Gasteiger charge is 2.17. The first-order valence-corrected chi connectivity index (χ1v) is 8.38. The van der Waals surface area contributed by atoms with Crippen LogP contribution in [0.5, 0.6) is 0 Å². The van der Waals surface area contributed by atoms with Crippen molar-refractivity contribution in [3.63, 3.8) is 0 Å². The fourth-order valence-electron chi connectivity index (χ4n) is 1.96. The van der Waals surface area contributed by atoms with Gasteiger partial charge in [0.05, 0.1) is 27.8 Å². The lowest BCUT2D eigenvalue weighted by molar-refractivity contribution is 0.0694. The molecule has 0 atom stereocenters. The van der Waals surface area contributed by atoms with E-state index in [0.29, 0.717) is 5.02 Å². The minimum atomic E-state index is -1.10. The van der Waals surface area contributed by atoms with Gasteiger partial charge in [0, 0.05) is 18.1 Å². The van der Waals surface area contributed by atoms with Gasteiger partial charge in [-0.25, -0.2) is 4.79 Å². The van der Waals surface area contributed by atoms with Crippen LogP contribution in [0.25, 0.3) is 0 Å². The first-order chi connectivity index (χ1) is 10.8. The van der Waals surface area contributed by atoms with Gasteiger partial charge in [0.15, 0.2) is 0 Å². The minimum absolute atomic E-state index is 0.0190. The second-order valence-corrected chi connectivity index (χ2v) is 6.28. The van der Waals surface area contributed by atoms with Gasteiger partial charge < -0.3 is 10.4 Å². The number of carboxylic acids is 1. The third-order valence-corrected chi connectivity index (χ3v) is 4.55. The quantitative estimate of drug-likeness (QED) is 0.786. The molecule has 0 saturated carbocycles. The Labute approximate surface area is 146 Å². The van der Waals surface area contributed by atoms with Gasteiger partial charge in [-0.15, -0.1) is 11.8 Å². The number of thioether (sulfide) groups is 1. The number of nitrogens with zero attached hydrogens (tertiary/aromatic N) is 2. The van der Waals surface area contributed by atoms with Crippen LogP contribution >= 0.6 is 35.0 Å². The van der Waals surface area contributed by atoms with Crippen molar-refractivity contribution < 1.29 is 14.7 Å². The Hall–Kier alpha value is -1.70. The molecule has 1 aromatic carbocycles. The predicted molar refractivity (Wildman–Crippen MR) is 89.6 cm³/mol. The van der Waals surface area contributed by atoms with Gasteiger partial charge in [-0.1, -0.05) is 23.2 Å². The van der Waals surface area contributed by atoms with E-state index in [0.717, 1.165) is 4.90 Å². The fraction of sp³-hybridized carbons (Fsp3) is 0.214. The Morgan fingerprint density at radius 3 is 2.61 bits per heavy atom. The van der Waals surface area contributed by atoms with Crippen LogP contribution in [0.4, 0.5) is 0 Å². The normalized spacial score (nSPS) is 10.6. The molecule has 0 fully saturated rings. The summed E-state index contributed by atoms with van der Waals surface area (Å²) in [6.45, 7) is -0.0190. The van der Waals surface area contributed by atoms with Crippen LogP contribution in [0, 0.1) is 0 Å². The molecule has 1 amide bonds. The molecule has 6 nitrogen and oxygen atoms in total. The second kappa shape index (κ2) is 7.25. The maximum Gasteiger partial charge on any atom is 0.339 e. The number of carboxylic acid groups (broad SMARTS) is 1. The summed E-state index contributed by atoms with van der Waals surface area (Å²) in [6, 6.07) is 3.11. The molecule has 0 radical (unpaired) electrons. The second-order valence-electron chi connectivity index (χ2n) is 4.62. The molecule has 0 saturated heterocycles. The monoisotopic (exact) mass is 373 g/mol. The molecule has 9 heteroatoms. The van der Waals surface area contributed by atoms with Crippen molar-refractivity contribution in [2.24, 2.45) is 7.05 Å². The third kappa shape index (κ3) is 3.99. The molecule has 0 bridgehead atoms. The Morgan fingerprint density at radius 2 is 2.00 bits per heavy atom. The number of aromatic carboxylic acids is 1. The SMILES string of the molecule is CSc1cc(C(=O)NCc2nn(C)cc2C(=O)O)c(Cl)cc1Cl. The molecular formula is C14H13Cl2N3O3S. The van der Waals surface area contributed by atoms with Crippen molar-refractivity contribution >= 4 is 46.8 Å². The number of amides is 1. The molecule has 0 aliphatic heterocycles. The standard InChI is InChI=1S/C14H13Cl2N3O3S/c1-19-6-8(14(21)22)11(18-19)5-17-13(20)7-3-12(23-2)10(16)4-9(7)15/h3-4,6H,5H2,1-2H3,(H,17,20)(H,21,22).